The number of benzene rings is 4. The normalized spacial score (nSPS) is 11.6. The molecule has 4 aromatic rings. The van der Waals surface area contributed by atoms with Crippen LogP contribution in [0.5, 0.6) is 17.2 Å². The molecule has 0 aromatic heterocycles. The summed E-state index contributed by atoms with van der Waals surface area (Å²) in [6.07, 6.45) is 0. The van der Waals surface area contributed by atoms with Crippen LogP contribution in [0.2, 0.25) is 0 Å². The van der Waals surface area contributed by atoms with Crippen molar-refractivity contribution in [2.24, 2.45) is 0 Å². The Morgan fingerprint density at radius 1 is 0.730 bits per heavy atom. The van der Waals surface area contributed by atoms with E-state index in [1.165, 1.54) is 0 Å². The molecule has 0 heterocycles. The smallest absolute Gasteiger partial charge is 0.256 e. The number of carbonyl (C=O) groups is 1. The molecular formula is C31H30N2O4. The molecule has 0 radical (unpaired) electrons. The van der Waals surface area contributed by atoms with Crippen molar-refractivity contribution in [3.63, 3.8) is 0 Å². The van der Waals surface area contributed by atoms with Gasteiger partial charge in [-0.1, -0.05) is 54.6 Å². The van der Waals surface area contributed by atoms with E-state index >= 15 is 0 Å². The Labute approximate surface area is 217 Å². The predicted octanol–water partition coefficient (Wildman–Crippen LogP) is 5.64. The van der Waals surface area contributed by atoms with Crippen molar-refractivity contribution in [2.45, 2.75) is 0 Å². The molecule has 6 nitrogen and oxygen atoms in total. The van der Waals surface area contributed by atoms with Gasteiger partial charge >= 0.3 is 0 Å². The van der Waals surface area contributed by atoms with Gasteiger partial charge < -0.3 is 25.2 Å². The van der Waals surface area contributed by atoms with Crippen LogP contribution in [0.1, 0.15) is 16.7 Å². The number of phenols is 2. The average molecular weight is 495 g/mol. The molecule has 0 bridgehead atoms. The molecule has 0 aliphatic carbocycles. The number of carbonyl (C=O) groups excluding carboxylic acids is 1. The summed E-state index contributed by atoms with van der Waals surface area (Å²) >= 11 is 0. The van der Waals surface area contributed by atoms with Crippen LogP contribution in [-0.2, 0) is 4.79 Å². The van der Waals surface area contributed by atoms with Gasteiger partial charge in [-0.2, -0.15) is 0 Å². The minimum atomic E-state index is -0.307. The fraction of sp³-hybridized carbons (Fsp3) is 0.129. The lowest BCUT2D eigenvalue weighted by atomic mass is 9.89. The predicted molar refractivity (Wildman–Crippen MR) is 148 cm³/mol. The van der Waals surface area contributed by atoms with Gasteiger partial charge in [-0.3, -0.25) is 4.79 Å². The first-order chi connectivity index (χ1) is 17.9. The van der Waals surface area contributed by atoms with Crippen LogP contribution in [-0.4, -0.2) is 48.3 Å². The molecule has 37 heavy (non-hydrogen) atoms. The Hall–Kier alpha value is -4.55. The number of phenolic OH excluding ortho intramolecular Hbond substituents is 2. The first-order valence-corrected chi connectivity index (χ1v) is 12.0. The third-order valence-corrected chi connectivity index (χ3v) is 5.77. The zero-order valence-electron chi connectivity index (χ0n) is 20.9. The highest BCUT2D eigenvalue weighted by Crippen LogP contribution is 2.34. The van der Waals surface area contributed by atoms with Gasteiger partial charge in [0.1, 0.15) is 23.9 Å². The third kappa shape index (κ3) is 6.78. The highest BCUT2D eigenvalue weighted by molar-refractivity contribution is 6.33. The second kappa shape index (κ2) is 11.9. The fourth-order valence-corrected chi connectivity index (χ4v) is 3.88. The molecule has 0 aliphatic heterocycles. The van der Waals surface area contributed by atoms with Gasteiger partial charge in [0, 0.05) is 17.8 Å². The Morgan fingerprint density at radius 2 is 1.27 bits per heavy atom. The third-order valence-electron chi connectivity index (χ3n) is 5.77. The Balaban J connectivity index is 1.75. The minimum absolute atomic E-state index is 0.110. The molecule has 0 atom stereocenters. The zero-order chi connectivity index (χ0) is 26.2. The van der Waals surface area contributed by atoms with Gasteiger partial charge in [0.15, 0.2) is 0 Å². The van der Waals surface area contributed by atoms with E-state index in [1.807, 2.05) is 61.5 Å². The molecule has 0 spiro atoms. The van der Waals surface area contributed by atoms with Gasteiger partial charge in [0.05, 0.1) is 5.57 Å². The molecule has 4 rings (SSSR count). The lowest BCUT2D eigenvalue weighted by Gasteiger charge is -2.18. The van der Waals surface area contributed by atoms with Crippen LogP contribution in [0.4, 0.5) is 5.69 Å². The number of anilines is 1. The number of likely N-dealkylation sites (N-methyl/N-ethyl adjacent to an activating group) is 1. The summed E-state index contributed by atoms with van der Waals surface area (Å²) in [6, 6.07) is 30.2. The van der Waals surface area contributed by atoms with Crippen LogP contribution in [0.3, 0.4) is 0 Å². The van der Waals surface area contributed by atoms with E-state index in [4.69, 9.17) is 4.74 Å². The summed E-state index contributed by atoms with van der Waals surface area (Å²) in [5, 5.41) is 22.8. The first-order valence-electron chi connectivity index (χ1n) is 12.0. The van der Waals surface area contributed by atoms with Crippen LogP contribution >= 0.6 is 0 Å². The maximum Gasteiger partial charge on any atom is 0.256 e. The van der Waals surface area contributed by atoms with E-state index in [0.717, 1.165) is 23.4 Å². The van der Waals surface area contributed by atoms with E-state index < -0.39 is 0 Å². The van der Waals surface area contributed by atoms with E-state index in [2.05, 4.69) is 5.32 Å². The van der Waals surface area contributed by atoms with Crippen molar-refractivity contribution in [2.75, 3.05) is 32.6 Å². The van der Waals surface area contributed by atoms with Crippen LogP contribution in [0.25, 0.3) is 11.1 Å². The quantitative estimate of drug-likeness (QED) is 0.207. The standard InChI is InChI=1S/C31H30N2O4/c1-33(2)20-21-37-28-18-12-25(13-19-28)32-31(36)30(24-10-16-27(35)17-11-24)29(22-6-4-3-5-7-22)23-8-14-26(34)15-9-23/h3-19,34-35H,20-21H2,1-2H3,(H,32,36). The highest BCUT2D eigenvalue weighted by atomic mass is 16.5. The van der Waals surface area contributed by atoms with Crippen LogP contribution in [0.15, 0.2) is 103 Å². The molecule has 0 fully saturated rings. The molecule has 1 amide bonds. The van der Waals surface area contributed by atoms with E-state index in [1.54, 1.807) is 60.7 Å². The molecule has 0 unspecified atom stereocenters. The summed E-state index contributed by atoms with van der Waals surface area (Å²) in [6.45, 7) is 1.37. The van der Waals surface area contributed by atoms with Gasteiger partial charge in [0.25, 0.3) is 5.91 Å². The number of nitrogens with zero attached hydrogens (tertiary/aromatic N) is 1. The molecule has 0 aliphatic rings. The van der Waals surface area contributed by atoms with Crippen LogP contribution in [0, 0.1) is 0 Å². The van der Waals surface area contributed by atoms with E-state index in [-0.39, 0.29) is 17.4 Å². The minimum Gasteiger partial charge on any atom is -0.508 e. The lowest BCUT2D eigenvalue weighted by Crippen LogP contribution is -2.19. The van der Waals surface area contributed by atoms with Crippen molar-refractivity contribution >= 4 is 22.7 Å². The van der Waals surface area contributed by atoms with Gasteiger partial charge in [-0.15, -0.1) is 0 Å². The average Bonchev–Trinajstić information content (AvgIpc) is 2.90. The maximum absolute atomic E-state index is 13.9. The van der Waals surface area contributed by atoms with Crippen molar-refractivity contribution < 1.29 is 19.7 Å². The molecular weight excluding hydrogens is 464 g/mol. The second-order valence-electron chi connectivity index (χ2n) is 8.84. The van der Waals surface area contributed by atoms with Gasteiger partial charge in [-0.05, 0) is 79.3 Å². The van der Waals surface area contributed by atoms with Crippen molar-refractivity contribution in [3.05, 3.63) is 120 Å². The molecule has 0 saturated heterocycles. The topological polar surface area (TPSA) is 82.0 Å². The number of hydrogen-bond acceptors (Lipinski definition) is 5. The molecule has 0 saturated carbocycles. The fourth-order valence-electron chi connectivity index (χ4n) is 3.88. The van der Waals surface area contributed by atoms with E-state index in [9.17, 15) is 15.0 Å². The number of nitrogens with one attached hydrogen (secondary N) is 1. The SMILES string of the molecule is CN(C)CCOc1ccc(NC(=O)C(=C(c2ccccc2)c2ccc(O)cc2)c2ccc(O)cc2)cc1. The molecule has 188 valence electrons. The molecule has 3 N–H and O–H groups in total. The number of hydrogen-bond donors (Lipinski definition) is 3. The van der Waals surface area contributed by atoms with Crippen molar-refractivity contribution in [3.8, 4) is 17.2 Å². The Morgan fingerprint density at radius 3 is 1.84 bits per heavy atom. The highest BCUT2D eigenvalue weighted by Gasteiger charge is 2.21. The number of aromatic hydroxyl groups is 2. The Bertz CT molecular complexity index is 1350. The lowest BCUT2D eigenvalue weighted by molar-refractivity contribution is -0.111. The van der Waals surface area contributed by atoms with Gasteiger partial charge in [0.2, 0.25) is 0 Å². The van der Waals surface area contributed by atoms with Crippen molar-refractivity contribution in [1.82, 2.24) is 4.90 Å². The second-order valence-corrected chi connectivity index (χ2v) is 8.84. The molecule has 4 aromatic carbocycles. The maximum atomic E-state index is 13.9. The van der Waals surface area contributed by atoms with Gasteiger partial charge in [-0.25, -0.2) is 0 Å². The van der Waals surface area contributed by atoms with Crippen LogP contribution < -0.4 is 10.1 Å². The van der Waals surface area contributed by atoms with E-state index in [0.29, 0.717) is 29.0 Å². The monoisotopic (exact) mass is 494 g/mol. The number of amides is 1. The number of rotatable bonds is 9. The summed E-state index contributed by atoms with van der Waals surface area (Å²) in [5.74, 6) is 0.668. The first kappa shape index (κ1) is 25.5. The number of ether oxygens (including phenoxy) is 1. The summed E-state index contributed by atoms with van der Waals surface area (Å²) in [5.41, 5.74) is 4.02. The summed E-state index contributed by atoms with van der Waals surface area (Å²) < 4.78 is 5.76. The largest absolute Gasteiger partial charge is 0.508 e. The Kier molecular flexibility index (Phi) is 8.23. The van der Waals surface area contributed by atoms with Crippen molar-refractivity contribution in [1.29, 1.82) is 0 Å². The summed E-state index contributed by atoms with van der Waals surface area (Å²) in [7, 11) is 3.98. The molecule has 6 heteroatoms. The zero-order valence-corrected chi connectivity index (χ0v) is 20.9. The summed E-state index contributed by atoms with van der Waals surface area (Å²) in [4.78, 5) is 15.9.